The molecule has 0 atom stereocenters. The second-order valence-electron chi connectivity index (χ2n) is 9.18. The molecule has 2 nitrogen and oxygen atoms in total. The predicted molar refractivity (Wildman–Crippen MR) is 104 cm³/mol. The predicted octanol–water partition coefficient (Wildman–Crippen LogP) is 5.46. The monoisotopic (exact) mass is 348 g/mol. The second-order valence-corrected chi connectivity index (χ2v) is 9.18. The van der Waals surface area contributed by atoms with Gasteiger partial charge in [-0.15, -0.1) is 0 Å². The van der Waals surface area contributed by atoms with E-state index < -0.39 is 0 Å². The van der Waals surface area contributed by atoms with E-state index in [-0.39, 0.29) is 5.41 Å². The van der Waals surface area contributed by atoms with Crippen LogP contribution >= 0.6 is 0 Å². The van der Waals surface area contributed by atoms with E-state index in [1.807, 2.05) is 26.0 Å². The Morgan fingerprint density at radius 2 is 1.12 bits per heavy atom. The summed E-state index contributed by atoms with van der Waals surface area (Å²) in [6.45, 7) is 4.01. The molecule has 4 aliphatic rings. The third kappa shape index (κ3) is 2.11. The Hall–Kier alpha value is -1.96. The normalized spacial score (nSPS) is 31.3. The van der Waals surface area contributed by atoms with Crippen LogP contribution in [0.1, 0.15) is 54.4 Å². The lowest BCUT2D eigenvalue weighted by Crippen LogP contribution is -2.56. The highest BCUT2D eigenvalue weighted by Gasteiger charge is 2.58. The summed E-state index contributed by atoms with van der Waals surface area (Å²) in [5, 5.41) is 20.2. The fourth-order valence-electron chi connectivity index (χ4n) is 6.86. The van der Waals surface area contributed by atoms with Crippen molar-refractivity contribution in [3.63, 3.8) is 0 Å². The van der Waals surface area contributed by atoms with E-state index in [1.165, 1.54) is 43.2 Å². The number of aryl methyl sites for hydroxylation is 2. The summed E-state index contributed by atoms with van der Waals surface area (Å²) in [6, 6.07) is 12.5. The van der Waals surface area contributed by atoms with Crippen molar-refractivity contribution in [1.82, 2.24) is 0 Å². The van der Waals surface area contributed by atoms with Gasteiger partial charge < -0.3 is 10.2 Å². The van der Waals surface area contributed by atoms with Crippen LogP contribution in [0.3, 0.4) is 0 Å². The highest BCUT2D eigenvalue weighted by Crippen LogP contribution is 2.65. The van der Waals surface area contributed by atoms with E-state index in [0.29, 0.717) is 23.3 Å². The summed E-state index contributed by atoms with van der Waals surface area (Å²) in [6.07, 6.45) is 6.74. The number of phenols is 2. The Bertz CT molecular complexity index is 785. The van der Waals surface area contributed by atoms with Crippen LogP contribution in [-0.2, 0) is 5.41 Å². The van der Waals surface area contributed by atoms with Crippen LogP contribution in [0, 0.1) is 37.5 Å². The molecule has 4 saturated carbocycles. The van der Waals surface area contributed by atoms with E-state index in [9.17, 15) is 10.2 Å². The standard InChI is InChI=1S/C24H28O2/c1-14-7-18(3-5-22(14)25)24(19-4-6-23(26)15(2)8-19)20-10-16-9-17(12-20)13-21(24)11-16/h3-8,16-17,20-21,25-26H,9-13H2,1-2H3. The van der Waals surface area contributed by atoms with E-state index in [2.05, 4.69) is 24.3 Å². The van der Waals surface area contributed by atoms with Crippen LogP contribution in [0.4, 0.5) is 0 Å². The van der Waals surface area contributed by atoms with Gasteiger partial charge in [-0.2, -0.15) is 0 Å². The third-order valence-electron chi connectivity index (χ3n) is 7.77. The lowest BCUT2D eigenvalue weighted by Gasteiger charge is -2.62. The van der Waals surface area contributed by atoms with E-state index >= 15 is 0 Å². The average Bonchev–Trinajstić information content (AvgIpc) is 2.60. The fraction of sp³-hybridized carbons (Fsp3) is 0.500. The van der Waals surface area contributed by atoms with Crippen molar-refractivity contribution in [1.29, 1.82) is 0 Å². The number of hydrogen-bond acceptors (Lipinski definition) is 2. The molecule has 4 aliphatic carbocycles. The molecule has 4 fully saturated rings. The van der Waals surface area contributed by atoms with Gasteiger partial charge in [0, 0.05) is 5.41 Å². The van der Waals surface area contributed by atoms with E-state index in [1.54, 1.807) is 0 Å². The molecule has 0 amide bonds. The lowest BCUT2D eigenvalue weighted by molar-refractivity contribution is -0.0419. The Morgan fingerprint density at radius 1 is 0.692 bits per heavy atom. The first-order valence-electron chi connectivity index (χ1n) is 10.1. The minimum Gasteiger partial charge on any atom is -0.508 e. The zero-order chi connectivity index (χ0) is 18.1. The highest BCUT2D eigenvalue weighted by atomic mass is 16.3. The molecule has 0 spiro atoms. The number of hydrogen-bond donors (Lipinski definition) is 2. The van der Waals surface area contributed by atoms with Gasteiger partial charge in [0.25, 0.3) is 0 Å². The van der Waals surface area contributed by atoms with Gasteiger partial charge in [0.2, 0.25) is 0 Å². The lowest BCUT2D eigenvalue weighted by atomic mass is 9.42. The van der Waals surface area contributed by atoms with Gasteiger partial charge in [-0.1, -0.05) is 24.3 Å². The molecular weight excluding hydrogens is 320 g/mol. The summed E-state index contributed by atoms with van der Waals surface area (Å²) in [5.41, 5.74) is 4.69. The number of benzene rings is 2. The molecule has 0 unspecified atom stereocenters. The summed E-state index contributed by atoms with van der Waals surface area (Å²) >= 11 is 0. The molecule has 2 aromatic rings. The van der Waals surface area contributed by atoms with Crippen molar-refractivity contribution in [2.75, 3.05) is 0 Å². The molecule has 0 aromatic heterocycles. The molecule has 0 saturated heterocycles. The van der Waals surface area contributed by atoms with Crippen LogP contribution in [0.15, 0.2) is 36.4 Å². The van der Waals surface area contributed by atoms with Crippen molar-refractivity contribution in [2.45, 2.75) is 51.4 Å². The summed E-state index contributed by atoms with van der Waals surface area (Å²) < 4.78 is 0. The Kier molecular flexibility index (Phi) is 3.44. The fourth-order valence-corrected chi connectivity index (χ4v) is 6.86. The zero-order valence-corrected chi connectivity index (χ0v) is 15.7. The smallest absolute Gasteiger partial charge is 0.118 e. The number of phenolic OH excluding ortho intramolecular Hbond substituents is 2. The Labute approximate surface area is 155 Å². The largest absolute Gasteiger partial charge is 0.508 e. The van der Waals surface area contributed by atoms with Crippen LogP contribution in [0.25, 0.3) is 0 Å². The first kappa shape index (κ1) is 16.2. The Morgan fingerprint density at radius 3 is 1.50 bits per heavy atom. The van der Waals surface area contributed by atoms with Gasteiger partial charge in [-0.3, -0.25) is 0 Å². The van der Waals surface area contributed by atoms with Crippen molar-refractivity contribution in [3.05, 3.63) is 58.7 Å². The van der Waals surface area contributed by atoms with Crippen molar-refractivity contribution < 1.29 is 10.2 Å². The van der Waals surface area contributed by atoms with Gasteiger partial charge in [0.05, 0.1) is 0 Å². The summed E-state index contributed by atoms with van der Waals surface area (Å²) in [5.74, 6) is 3.92. The van der Waals surface area contributed by atoms with Gasteiger partial charge in [-0.05, 0) is 104 Å². The molecule has 26 heavy (non-hydrogen) atoms. The van der Waals surface area contributed by atoms with Crippen LogP contribution in [0.5, 0.6) is 11.5 Å². The van der Waals surface area contributed by atoms with Crippen LogP contribution in [0.2, 0.25) is 0 Å². The second kappa shape index (κ2) is 5.52. The van der Waals surface area contributed by atoms with Crippen molar-refractivity contribution in [3.8, 4) is 11.5 Å². The van der Waals surface area contributed by atoms with Crippen LogP contribution < -0.4 is 0 Å². The highest BCUT2D eigenvalue weighted by molar-refractivity contribution is 5.50. The number of rotatable bonds is 2. The Balaban J connectivity index is 1.75. The van der Waals surface area contributed by atoms with Crippen molar-refractivity contribution >= 4 is 0 Å². The topological polar surface area (TPSA) is 40.5 Å². The summed E-state index contributed by atoms with van der Waals surface area (Å²) in [4.78, 5) is 0. The first-order chi connectivity index (χ1) is 12.5. The maximum atomic E-state index is 10.1. The molecule has 2 aromatic carbocycles. The minimum atomic E-state index is 0.0321. The average molecular weight is 348 g/mol. The van der Waals surface area contributed by atoms with E-state index in [0.717, 1.165) is 23.0 Å². The maximum absolute atomic E-state index is 10.1. The molecule has 6 rings (SSSR count). The molecule has 0 radical (unpaired) electrons. The van der Waals surface area contributed by atoms with Gasteiger partial charge >= 0.3 is 0 Å². The SMILES string of the molecule is Cc1cc(C2(c3ccc(O)c(C)c3)C3CC4CC(C3)CC2C4)ccc1O. The molecule has 2 N–H and O–H groups in total. The first-order valence-corrected chi connectivity index (χ1v) is 10.1. The number of aromatic hydroxyl groups is 2. The molecule has 2 heteroatoms. The molecular formula is C24H28O2. The van der Waals surface area contributed by atoms with Gasteiger partial charge in [0.15, 0.2) is 0 Å². The van der Waals surface area contributed by atoms with Crippen molar-refractivity contribution in [2.24, 2.45) is 23.7 Å². The van der Waals surface area contributed by atoms with Gasteiger partial charge in [0.1, 0.15) is 11.5 Å². The zero-order valence-electron chi connectivity index (χ0n) is 15.7. The molecule has 0 aliphatic heterocycles. The molecule has 136 valence electrons. The maximum Gasteiger partial charge on any atom is 0.118 e. The summed E-state index contributed by atoms with van der Waals surface area (Å²) in [7, 11) is 0. The van der Waals surface area contributed by atoms with Gasteiger partial charge in [-0.25, -0.2) is 0 Å². The van der Waals surface area contributed by atoms with Crippen LogP contribution in [-0.4, -0.2) is 10.2 Å². The minimum absolute atomic E-state index is 0.0321. The third-order valence-corrected chi connectivity index (χ3v) is 7.77. The molecule has 0 heterocycles. The molecule has 4 bridgehead atoms. The quantitative estimate of drug-likeness (QED) is 0.757. The van der Waals surface area contributed by atoms with E-state index in [4.69, 9.17) is 0 Å².